The van der Waals surface area contributed by atoms with Crippen molar-refractivity contribution in [2.45, 2.75) is 13.8 Å². The van der Waals surface area contributed by atoms with Crippen LogP contribution in [0.25, 0.3) is 45.0 Å². The van der Waals surface area contributed by atoms with E-state index in [2.05, 4.69) is 139 Å². The molecule has 0 saturated carbocycles. The highest BCUT2D eigenvalue weighted by Crippen LogP contribution is 2.27. The summed E-state index contributed by atoms with van der Waals surface area (Å²) in [5.41, 5.74) is 9.78. The number of aromatic nitrogens is 4. The Morgan fingerprint density at radius 2 is 0.923 bits per heavy atom. The summed E-state index contributed by atoms with van der Waals surface area (Å²) in [6.07, 6.45) is 0. The van der Waals surface area contributed by atoms with Crippen molar-refractivity contribution in [3.8, 4) is 45.0 Å². The summed E-state index contributed by atoms with van der Waals surface area (Å²) in [4.78, 5) is 38.8. The summed E-state index contributed by atoms with van der Waals surface area (Å²) < 4.78 is 9.87. The molecule has 6 aromatic carbocycles. The first-order valence-electron chi connectivity index (χ1n) is 21.6. The van der Waals surface area contributed by atoms with Crippen LogP contribution < -0.4 is 15.1 Å². The zero-order valence-corrected chi connectivity index (χ0v) is 36.4. The van der Waals surface area contributed by atoms with Gasteiger partial charge in [0.1, 0.15) is 0 Å². The van der Waals surface area contributed by atoms with Crippen molar-refractivity contribution in [2.24, 2.45) is 0 Å². The number of benzene rings is 6. The van der Waals surface area contributed by atoms with E-state index in [4.69, 9.17) is 14.2 Å². The highest BCUT2D eigenvalue weighted by molar-refractivity contribution is 5.95. The molecule has 8 aromatic rings. The monoisotopic (exact) mass is 866 g/mol. The molecule has 2 aliphatic rings. The predicted molar refractivity (Wildman–Crippen MR) is 253 cm³/mol. The third-order valence-corrected chi connectivity index (χ3v) is 11.1. The second kappa shape index (κ2) is 21.0. The van der Waals surface area contributed by atoms with Crippen LogP contribution in [0.3, 0.4) is 0 Å². The first-order valence-corrected chi connectivity index (χ1v) is 21.6. The van der Waals surface area contributed by atoms with Gasteiger partial charge in [-0.25, -0.2) is 4.79 Å². The average Bonchev–Trinajstić information content (AvgIpc) is 4.03. The lowest BCUT2D eigenvalue weighted by Gasteiger charge is -2.36. The van der Waals surface area contributed by atoms with Crippen LogP contribution in [0.15, 0.2) is 167 Å². The topological polar surface area (TPSA) is 154 Å². The van der Waals surface area contributed by atoms with Crippen molar-refractivity contribution in [1.82, 2.24) is 30.5 Å². The first kappa shape index (κ1) is 43.7. The van der Waals surface area contributed by atoms with Gasteiger partial charge < -0.3 is 34.2 Å². The SMILES string of the molecule is Cc1nc(-c2cccc(C(=O)N3CCN(c4cccc(-c5ccccc5)c4)CC3)c2)no1.Cc1nc(-c2cccc(C(=O)O)c2)no1.c1ccc(-c2cccc(N3CCNCC3)c2)cc1. The fourth-order valence-electron chi connectivity index (χ4n) is 7.71. The molecular formula is C52H50N8O5. The van der Waals surface area contributed by atoms with Gasteiger partial charge in [-0.3, -0.25) is 4.79 Å². The fourth-order valence-corrected chi connectivity index (χ4v) is 7.71. The Morgan fingerprint density at radius 1 is 0.492 bits per heavy atom. The summed E-state index contributed by atoms with van der Waals surface area (Å²) in [7, 11) is 0. The number of piperazine rings is 2. The number of carboxylic acid groups (broad SMARTS) is 1. The van der Waals surface area contributed by atoms with Crippen LogP contribution in [-0.2, 0) is 0 Å². The van der Waals surface area contributed by atoms with Crippen LogP contribution in [-0.4, -0.2) is 94.5 Å². The third kappa shape index (κ3) is 11.4. The molecule has 13 nitrogen and oxygen atoms in total. The lowest BCUT2D eigenvalue weighted by molar-refractivity contribution is 0.0695. The minimum absolute atomic E-state index is 0.0322. The lowest BCUT2D eigenvalue weighted by Crippen LogP contribution is -2.48. The normalized spacial score (nSPS) is 13.5. The number of carbonyl (C=O) groups is 2. The van der Waals surface area contributed by atoms with Crippen molar-refractivity contribution in [2.75, 3.05) is 62.2 Å². The number of anilines is 2. The molecule has 1 amide bonds. The molecule has 0 bridgehead atoms. The van der Waals surface area contributed by atoms with Crippen molar-refractivity contribution in [3.05, 3.63) is 181 Å². The van der Waals surface area contributed by atoms with Crippen LogP contribution in [0.2, 0.25) is 0 Å². The van der Waals surface area contributed by atoms with Crippen LogP contribution in [0.5, 0.6) is 0 Å². The maximum atomic E-state index is 13.1. The first-order chi connectivity index (χ1) is 31.8. The lowest BCUT2D eigenvalue weighted by atomic mass is 10.0. The minimum Gasteiger partial charge on any atom is -0.478 e. The number of nitrogens with one attached hydrogen (secondary N) is 1. The summed E-state index contributed by atoms with van der Waals surface area (Å²) in [5.74, 6) is 0.910. The Labute approximate surface area is 378 Å². The van der Waals surface area contributed by atoms with E-state index in [0.29, 0.717) is 47.6 Å². The smallest absolute Gasteiger partial charge is 0.335 e. The van der Waals surface area contributed by atoms with E-state index in [1.165, 1.54) is 45.8 Å². The average molecular weight is 867 g/mol. The van der Waals surface area contributed by atoms with Gasteiger partial charge in [-0.15, -0.1) is 0 Å². The standard InChI is InChI=1S/C26H24N4O2.C16H18N2.C10H8N2O3/c1-19-27-25(28-32-19)22-10-5-11-23(17-22)26(31)30-15-13-29(14-16-30)24-12-6-9-21(18-24)20-7-3-2-4-8-20;1-2-5-14(6-3-1)15-7-4-8-16(13-15)18-11-9-17-10-12-18;1-6-11-9(12-15-6)7-3-2-4-8(5-7)10(13)14/h2-12,17-18H,13-16H2,1H3;1-8,13,17H,9-12H2;2-5H,1H3,(H,13,14). The molecule has 2 saturated heterocycles. The zero-order chi connectivity index (χ0) is 45.0. The van der Waals surface area contributed by atoms with Gasteiger partial charge in [0.2, 0.25) is 23.4 Å². The second-order valence-electron chi connectivity index (χ2n) is 15.6. The Morgan fingerprint density at radius 3 is 1.40 bits per heavy atom. The number of amides is 1. The Balaban J connectivity index is 0.000000147. The Bertz CT molecular complexity index is 2810. The molecule has 4 heterocycles. The molecule has 0 unspecified atom stereocenters. The van der Waals surface area contributed by atoms with Gasteiger partial charge in [0.15, 0.2) is 0 Å². The molecule has 10 rings (SSSR count). The molecule has 0 radical (unpaired) electrons. The van der Waals surface area contributed by atoms with Gasteiger partial charge in [0.25, 0.3) is 5.91 Å². The van der Waals surface area contributed by atoms with E-state index in [9.17, 15) is 9.59 Å². The number of aryl methyl sites for hydroxylation is 2. The van der Waals surface area contributed by atoms with Crippen molar-refractivity contribution >= 4 is 23.3 Å². The number of carbonyl (C=O) groups excluding carboxylic acids is 1. The quantitative estimate of drug-likeness (QED) is 0.150. The zero-order valence-electron chi connectivity index (χ0n) is 36.4. The van der Waals surface area contributed by atoms with E-state index < -0.39 is 5.97 Å². The van der Waals surface area contributed by atoms with Crippen LogP contribution >= 0.6 is 0 Å². The van der Waals surface area contributed by atoms with E-state index >= 15 is 0 Å². The molecule has 0 spiro atoms. The summed E-state index contributed by atoms with van der Waals surface area (Å²) in [6.45, 7) is 10.7. The van der Waals surface area contributed by atoms with E-state index in [-0.39, 0.29) is 11.5 Å². The molecular weight excluding hydrogens is 817 g/mol. The molecule has 13 heteroatoms. The van der Waals surface area contributed by atoms with E-state index in [1.807, 2.05) is 35.2 Å². The van der Waals surface area contributed by atoms with Gasteiger partial charge in [-0.1, -0.05) is 120 Å². The Kier molecular flexibility index (Phi) is 14.1. The second-order valence-corrected chi connectivity index (χ2v) is 15.6. The highest BCUT2D eigenvalue weighted by Gasteiger charge is 2.23. The molecule has 0 aliphatic carbocycles. The van der Waals surface area contributed by atoms with Crippen LogP contribution in [0.4, 0.5) is 11.4 Å². The molecule has 2 aromatic heterocycles. The predicted octanol–water partition coefficient (Wildman–Crippen LogP) is 9.18. The van der Waals surface area contributed by atoms with Crippen molar-refractivity contribution in [3.63, 3.8) is 0 Å². The molecule has 328 valence electrons. The largest absolute Gasteiger partial charge is 0.478 e. The molecule has 2 fully saturated rings. The van der Waals surface area contributed by atoms with Gasteiger partial charge in [-0.2, -0.15) is 9.97 Å². The van der Waals surface area contributed by atoms with Crippen LogP contribution in [0.1, 0.15) is 32.5 Å². The van der Waals surface area contributed by atoms with E-state index in [1.54, 1.807) is 26.0 Å². The molecule has 65 heavy (non-hydrogen) atoms. The molecule has 2 N–H and O–H groups in total. The number of rotatable bonds is 8. The third-order valence-electron chi connectivity index (χ3n) is 11.1. The minimum atomic E-state index is -0.975. The number of carboxylic acids is 1. The Hall–Kier alpha value is -7.90. The van der Waals surface area contributed by atoms with Gasteiger partial charge in [-0.05, 0) is 70.8 Å². The fraction of sp³-hybridized carbons (Fsp3) is 0.192. The van der Waals surface area contributed by atoms with Gasteiger partial charge >= 0.3 is 5.97 Å². The number of hydrogen-bond donors (Lipinski definition) is 2. The van der Waals surface area contributed by atoms with E-state index in [0.717, 1.165) is 44.8 Å². The van der Waals surface area contributed by atoms with Crippen LogP contribution in [0, 0.1) is 13.8 Å². The maximum absolute atomic E-state index is 13.1. The highest BCUT2D eigenvalue weighted by atomic mass is 16.5. The summed E-state index contributed by atoms with van der Waals surface area (Å²) in [5, 5.41) is 19.8. The van der Waals surface area contributed by atoms with Gasteiger partial charge in [0, 0.05) is 94.3 Å². The van der Waals surface area contributed by atoms with Crippen molar-refractivity contribution < 1.29 is 23.7 Å². The number of hydrogen-bond acceptors (Lipinski definition) is 11. The summed E-state index contributed by atoms with van der Waals surface area (Å²) >= 11 is 0. The maximum Gasteiger partial charge on any atom is 0.335 e. The number of nitrogens with zero attached hydrogens (tertiary/aromatic N) is 7. The number of aromatic carboxylic acids is 1. The summed E-state index contributed by atoms with van der Waals surface area (Å²) in [6, 6.07) is 52.2. The molecule has 0 atom stereocenters. The van der Waals surface area contributed by atoms with Gasteiger partial charge in [0.05, 0.1) is 5.56 Å². The molecule has 2 aliphatic heterocycles. The van der Waals surface area contributed by atoms with Crippen molar-refractivity contribution in [1.29, 1.82) is 0 Å².